The van der Waals surface area contributed by atoms with Crippen LogP contribution in [0.5, 0.6) is 5.75 Å². The fraction of sp³-hybridized carbons (Fsp3) is 0.651. The van der Waals surface area contributed by atoms with E-state index in [1.54, 1.807) is 0 Å². The highest BCUT2D eigenvalue weighted by molar-refractivity contribution is 5.67. The number of hydrogen-bond acceptors (Lipinski definition) is 15. The molecule has 0 amide bonds. The van der Waals surface area contributed by atoms with Crippen molar-refractivity contribution >= 4 is 0 Å². The first kappa shape index (κ1) is 49.3. The monoisotopic (exact) mass is 821 g/mol. The number of rotatable bonds is 40. The predicted octanol–water partition coefficient (Wildman–Crippen LogP) is 4.64. The van der Waals surface area contributed by atoms with Crippen molar-refractivity contribution < 1.29 is 66.5 Å². The maximum absolute atomic E-state index is 8.60. The lowest BCUT2D eigenvalue weighted by molar-refractivity contribution is -0.0280. The molecule has 15 heteroatoms. The molecular weight excluding hydrogens is 754 g/mol. The van der Waals surface area contributed by atoms with Crippen molar-refractivity contribution in [3.63, 3.8) is 0 Å². The third kappa shape index (κ3) is 24.8. The highest BCUT2D eigenvalue weighted by Gasteiger charge is 2.09. The van der Waals surface area contributed by atoms with Crippen LogP contribution in [0.1, 0.15) is 29.0 Å². The molecule has 0 saturated heterocycles. The van der Waals surface area contributed by atoms with Gasteiger partial charge in [-0.3, -0.25) is 0 Å². The van der Waals surface area contributed by atoms with Crippen LogP contribution in [0.4, 0.5) is 0 Å². The smallest absolute Gasteiger partial charge is 0.137 e. The van der Waals surface area contributed by atoms with Crippen molar-refractivity contribution in [1.29, 1.82) is 0 Å². The molecule has 1 N–H and O–H groups in total. The summed E-state index contributed by atoms with van der Waals surface area (Å²) in [6.07, 6.45) is 1.56. The summed E-state index contributed by atoms with van der Waals surface area (Å²) in [5, 5.41) is 12.7. The maximum atomic E-state index is 8.60. The summed E-state index contributed by atoms with van der Waals surface area (Å²) >= 11 is 0. The fourth-order valence-electron chi connectivity index (χ4n) is 5.38. The number of aryl methyl sites for hydroxylation is 3. The predicted molar refractivity (Wildman–Crippen MR) is 217 cm³/mol. The van der Waals surface area contributed by atoms with Gasteiger partial charge in [-0.05, 0) is 54.7 Å². The summed E-state index contributed by atoms with van der Waals surface area (Å²) in [6, 6.07) is 16.7. The molecule has 0 radical (unpaired) electrons. The highest BCUT2D eigenvalue weighted by atomic mass is 16.6. The van der Waals surface area contributed by atoms with Gasteiger partial charge in [0.25, 0.3) is 0 Å². The molecule has 3 aromatic rings. The van der Waals surface area contributed by atoms with Gasteiger partial charge < -0.3 is 66.5 Å². The molecule has 0 atom stereocenters. The second-order valence-corrected chi connectivity index (χ2v) is 12.9. The van der Waals surface area contributed by atoms with Crippen LogP contribution in [0, 0.1) is 13.8 Å². The van der Waals surface area contributed by atoms with Gasteiger partial charge >= 0.3 is 0 Å². The molecule has 328 valence electrons. The lowest BCUT2D eigenvalue weighted by Crippen LogP contribution is -2.15. The van der Waals surface area contributed by atoms with E-state index in [0.717, 1.165) is 41.2 Å². The SMILES string of the molecule is Cc1cc(-c2ccccc2)cc(C)c1OCCCc1cc(COCCOCCOCCOCCOCCOCCOCCOCCOCCOCCOCCO)no1. The molecule has 58 heavy (non-hydrogen) atoms. The Labute approximate surface area is 344 Å². The van der Waals surface area contributed by atoms with Crippen LogP contribution in [0.15, 0.2) is 53.1 Å². The molecule has 0 saturated carbocycles. The van der Waals surface area contributed by atoms with E-state index in [4.69, 9.17) is 66.5 Å². The molecule has 0 aliphatic rings. The van der Waals surface area contributed by atoms with E-state index in [-0.39, 0.29) is 6.61 Å². The van der Waals surface area contributed by atoms with E-state index < -0.39 is 0 Å². The van der Waals surface area contributed by atoms with Gasteiger partial charge in [-0.2, -0.15) is 0 Å². The molecule has 0 fully saturated rings. The van der Waals surface area contributed by atoms with Gasteiger partial charge in [0.15, 0.2) is 0 Å². The zero-order chi connectivity index (χ0) is 41.0. The number of aromatic nitrogens is 1. The van der Waals surface area contributed by atoms with Gasteiger partial charge in [0, 0.05) is 12.5 Å². The van der Waals surface area contributed by atoms with Crippen molar-refractivity contribution in [1.82, 2.24) is 5.16 Å². The first-order valence-electron chi connectivity index (χ1n) is 20.4. The Morgan fingerprint density at radius 2 is 0.862 bits per heavy atom. The first-order chi connectivity index (χ1) is 28.7. The van der Waals surface area contributed by atoms with Gasteiger partial charge in [-0.25, -0.2) is 0 Å². The molecule has 1 heterocycles. The summed E-state index contributed by atoms with van der Waals surface area (Å²) in [7, 11) is 0. The number of hydrogen-bond donors (Lipinski definition) is 1. The summed E-state index contributed by atoms with van der Waals surface area (Å²) in [5.74, 6) is 1.76. The average molecular weight is 822 g/mol. The second-order valence-electron chi connectivity index (χ2n) is 12.9. The Balaban J connectivity index is 0.986. The molecule has 0 aliphatic heterocycles. The fourth-order valence-corrected chi connectivity index (χ4v) is 5.38. The third-order valence-corrected chi connectivity index (χ3v) is 8.19. The van der Waals surface area contributed by atoms with Crippen LogP contribution < -0.4 is 4.74 Å². The zero-order valence-electron chi connectivity index (χ0n) is 34.7. The molecule has 1 aromatic heterocycles. The van der Waals surface area contributed by atoms with Crippen LogP contribution >= 0.6 is 0 Å². The molecule has 0 bridgehead atoms. The Morgan fingerprint density at radius 3 is 1.28 bits per heavy atom. The van der Waals surface area contributed by atoms with Crippen LogP contribution in [-0.2, 0) is 65.1 Å². The highest BCUT2D eigenvalue weighted by Crippen LogP contribution is 2.30. The maximum Gasteiger partial charge on any atom is 0.137 e. The molecule has 0 aliphatic carbocycles. The van der Waals surface area contributed by atoms with Gasteiger partial charge in [0.05, 0.1) is 159 Å². The topological polar surface area (TPSA) is 157 Å². The van der Waals surface area contributed by atoms with Crippen molar-refractivity contribution in [3.05, 3.63) is 71.1 Å². The Kier molecular flexibility index (Phi) is 29.6. The summed E-state index contributed by atoms with van der Waals surface area (Å²) in [6.45, 7) is 15.3. The lowest BCUT2D eigenvalue weighted by Gasteiger charge is -2.14. The minimum Gasteiger partial charge on any atom is -0.493 e. The molecule has 15 nitrogen and oxygen atoms in total. The van der Waals surface area contributed by atoms with Crippen LogP contribution in [-0.4, -0.2) is 162 Å². The van der Waals surface area contributed by atoms with Crippen molar-refractivity contribution in [2.45, 2.75) is 33.3 Å². The second kappa shape index (κ2) is 34.8. The normalized spacial score (nSPS) is 11.5. The number of aliphatic hydroxyl groups is 1. The standard InChI is InChI=1S/C43H67NO14/c1-37-33-40(39-7-4-3-5-8-39)34-38(2)43(37)57-11-6-9-42-35-41(44-58-42)36-56-32-31-55-30-29-54-28-27-53-26-25-52-24-23-51-22-21-50-20-19-49-18-17-48-16-15-47-14-13-46-12-10-45/h3-5,7-8,33-35,45H,6,9-32,36H2,1-2H3. The van der Waals surface area contributed by atoms with Gasteiger partial charge in [-0.1, -0.05) is 35.5 Å². The van der Waals surface area contributed by atoms with Crippen LogP contribution in [0.3, 0.4) is 0 Å². The molecular formula is C43H67NO14. The van der Waals surface area contributed by atoms with Crippen molar-refractivity contribution in [2.75, 3.05) is 152 Å². The van der Waals surface area contributed by atoms with Crippen molar-refractivity contribution in [2.24, 2.45) is 0 Å². The lowest BCUT2D eigenvalue weighted by atomic mass is 10.00. The van der Waals surface area contributed by atoms with Gasteiger partial charge in [0.1, 0.15) is 17.2 Å². The molecule has 2 aromatic carbocycles. The number of ether oxygens (including phenoxy) is 12. The first-order valence-corrected chi connectivity index (χ1v) is 20.4. The number of nitrogens with zero attached hydrogens (tertiary/aromatic N) is 1. The van der Waals surface area contributed by atoms with E-state index in [2.05, 4.69) is 55.4 Å². The van der Waals surface area contributed by atoms with Crippen molar-refractivity contribution in [3.8, 4) is 16.9 Å². The van der Waals surface area contributed by atoms with Crippen LogP contribution in [0.2, 0.25) is 0 Å². The minimum absolute atomic E-state index is 0.0218. The Hall–Kier alpha value is -3.03. The minimum atomic E-state index is 0.0218. The Bertz CT molecular complexity index is 1360. The molecule has 0 unspecified atom stereocenters. The quantitative estimate of drug-likeness (QED) is 0.0791. The summed E-state index contributed by atoms with van der Waals surface area (Å²) < 4.78 is 71.7. The Morgan fingerprint density at radius 1 is 0.466 bits per heavy atom. The largest absolute Gasteiger partial charge is 0.493 e. The van der Waals surface area contributed by atoms with Crippen LogP contribution in [0.25, 0.3) is 11.1 Å². The van der Waals surface area contributed by atoms with Gasteiger partial charge in [0.2, 0.25) is 0 Å². The van der Waals surface area contributed by atoms with E-state index in [1.807, 2.05) is 12.1 Å². The third-order valence-electron chi connectivity index (χ3n) is 8.19. The zero-order valence-corrected chi connectivity index (χ0v) is 34.7. The summed E-state index contributed by atoms with van der Waals surface area (Å²) in [5.41, 5.74) is 5.43. The van der Waals surface area contributed by atoms with E-state index in [9.17, 15) is 0 Å². The average Bonchev–Trinajstić information content (AvgIpc) is 3.69. The molecule has 0 spiro atoms. The summed E-state index contributed by atoms with van der Waals surface area (Å²) in [4.78, 5) is 0. The van der Waals surface area contributed by atoms with E-state index in [0.29, 0.717) is 152 Å². The number of benzene rings is 2. The number of aliphatic hydroxyl groups excluding tert-OH is 1. The van der Waals surface area contributed by atoms with Gasteiger partial charge in [-0.15, -0.1) is 0 Å². The van der Waals surface area contributed by atoms with E-state index >= 15 is 0 Å². The van der Waals surface area contributed by atoms with E-state index in [1.165, 1.54) is 11.1 Å². The molecule has 3 rings (SSSR count).